The number of benzene rings is 6. The average molecular weight is 897 g/mol. The van der Waals surface area contributed by atoms with Gasteiger partial charge in [-0.15, -0.1) is 69.6 Å². The van der Waals surface area contributed by atoms with Gasteiger partial charge in [-0.25, -0.2) is 0 Å². The van der Waals surface area contributed by atoms with E-state index in [9.17, 15) is 0 Å². The van der Waals surface area contributed by atoms with Crippen molar-refractivity contribution in [3.8, 4) is 44.5 Å². The molecule has 0 amide bonds. The molecule has 0 aliphatic carbocycles. The van der Waals surface area contributed by atoms with E-state index < -0.39 is 0 Å². The Kier molecular flexibility index (Phi) is 19.6. The molecule has 0 nitrogen and oxygen atoms in total. The van der Waals surface area contributed by atoms with Crippen LogP contribution in [-0.2, 0) is 23.3 Å². The summed E-state index contributed by atoms with van der Waals surface area (Å²) in [4.78, 5) is 0. The molecule has 0 N–H and O–H groups in total. The maximum absolute atomic E-state index is 3.06. The Morgan fingerprint density at radius 2 is 0.603 bits per heavy atom. The van der Waals surface area contributed by atoms with E-state index in [1.807, 2.05) is 0 Å². The summed E-state index contributed by atoms with van der Waals surface area (Å²) < 4.78 is 0. The zero-order chi connectivity index (χ0) is 38.5. The standard InChI is InChI=1S/2C26H25.2CH3.2ClH.Si.Zr/c2*1-17(2)22-15-25-23(20-9-5-18(3)6-10-20)13-14-24(26(25)16-22)21-11-7-19(4)8-12-21;;;;;;/h2*5-17H,1-4H3;2*1H3;2*1H;;/q4*-1;;;;. The number of rotatable bonds is 6. The van der Waals surface area contributed by atoms with E-state index in [0.29, 0.717) is 11.8 Å². The van der Waals surface area contributed by atoms with E-state index in [-0.39, 0.29) is 39.7 Å². The summed E-state index contributed by atoms with van der Waals surface area (Å²) >= 11 is 1.36. The van der Waals surface area contributed by atoms with Gasteiger partial charge in [-0.05, 0) is 50.7 Å². The summed E-state index contributed by atoms with van der Waals surface area (Å²) in [6.07, 6.45) is 0. The van der Waals surface area contributed by atoms with Gasteiger partial charge >= 0.3 is 30.2 Å². The number of hydrogen-bond acceptors (Lipinski definition) is 0. The minimum atomic E-state index is 0. The second-order valence-corrected chi connectivity index (χ2v) is 15.3. The van der Waals surface area contributed by atoms with E-state index in [4.69, 9.17) is 0 Å². The van der Waals surface area contributed by atoms with Crippen LogP contribution in [0, 0.1) is 42.5 Å². The monoisotopic (exact) mass is 894 g/mol. The maximum atomic E-state index is 3.06. The molecule has 0 unspecified atom stereocenters. The van der Waals surface area contributed by atoms with Gasteiger partial charge < -0.3 is 14.9 Å². The van der Waals surface area contributed by atoms with Crippen molar-refractivity contribution < 1.29 is 23.3 Å². The van der Waals surface area contributed by atoms with Crippen molar-refractivity contribution in [3.63, 3.8) is 0 Å². The molecule has 8 aromatic rings. The second kappa shape index (κ2) is 22.6. The molecule has 4 heteroatoms. The van der Waals surface area contributed by atoms with E-state index in [0.717, 1.165) is 0 Å². The zero-order valence-electron chi connectivity index (χ0n) is 35.8. The fourth-order valence-corrected chi connectivity index (χ4v) is 7.25. The van der Waals surface area contributed by atoms with E-state index in [2.05, 4.69) is 208 Å². The fraction of sp³-hybridized carbons (Fsp3) is 0.185. The Hall–Kier alpha value is -3.78. The normalized spacial score (nSPS) is 10.3. The summed E-state index contributed by atoms with van der Waals surface area (Å²) in [6, 6.07) is 54.1. The Morgan fingerprint density at radius 3 is 0.845 bits per heavy atom. The zero-order valence-corrected chi connectivity index (χ0v) is 40.9. The molecule has 2 radical (unpaired) electrons. The molecule has 0 bridgehead atoms. The van der Waals surface area contributed by atoms with Crippen molar-refractivity contribution in [1.82, 2.24) is 0 Å². The molecule has 0 aromatic heterocycles. The van der Waals surface area contributed by atoms with Gasteiger partial charge in [0.2, 0.25) is 0 Å². The second-order valence-electron chi connectivity index (χ2n) is 15.3. The van der Waals surface area contributed by atoms with Gasteiger partial charge in [-0.2, -0.15) is 12.1 Å². The van der Waals surface area contributed by atoms with Crippen LogP contribution in [0.15, 0.2) is 146 Å². The summed E-state index contributed by atoms with van der Waals surface area (Å²) in [5.74, 6) is 1.05. The van der Waals surface area contributed by atoms with Crippen LogP contribution in [0.25, 0.3) is 66.1 Å². The number of fused-ring (bicyclic) bond motifs is 2. The van der Waals surface area contributed by atoms with E-state index in [1.54, 1.807) is 0 Å². The van der Waals surface area contributed by atoms with Crippen molar-refractivity contribution in [2.24, 2.45) is 0 Å². The molecular formula is C54H58Cl2SiZr-4. The SMILES string of the molecule is Cc1ccc(-c2ccc(-c3ccc(C)cc3)c3[cH-]c(C(C)C)cc23)cc1.Cc1ccc(-c2ccc(-c3ccc(C)cc3)c3[cH-]c(C(C)C)cc23)cc1.Cl.Cl.[CH3-].[CH3-].[Si]=[Zr]. The van der Waals surface area contributed by atoms with Crippen LogP contribution in [0.2, 0.25) is 0 Å². The van der Waals surface area contributed by atoms with Crippen LogP contribution >= 0.6 is 24.8 Å². The first kappa shape index (κ1) is 50.4. The quantitative estimate of drug-likeness (QED) is 0.115. The molecular weight excluding hydrogens is 839 g/mol. The molecule has 0 aliphatic rings. The van der Waals surface area contributed by atoms with Crippen LogP contribution in [0.1, 0.15) is 72.9 Å². The molecule has 0 saturated carbocycles. The molecule has 0 heterocycles. The first-order valence-electron chi connectivity index (χ1n) is 19.1. The fourth-order valence-electron chi connectivity index (χ4n) is 7.25. The van der Waals surface area contributed by atoms with Crippen LogP contribution in [-0.4, -0.2) is 6.88 Å². The third kappa shape index (κ3) is 11.3. The van der Waals surface area contributed by atoms with Gasteiger partial charge in [0, 0.05) is 0 Å². The van der Waals surface area contributed by atoms with Crippen molar-refractivity contribution in [1.29, 1.82) is 0 Å². The van der Waals surface area contributed by atoms with Gasteiger partial charge in [-0.1, -0.05) is 205 Å². The molecule has 300 valence electrons. The molecule has 0 spiro atoms. The van der Waals surface area contributed by atoms with Crippen LogP contribution in [0.4, 0.5) is 0 Å². The minimum absolute atomic E-state index is 0. The molecule has 58 heavy (non-hydrogen) atoms. The third-order valence-corrected chi connectivity index (χ3v) is 10.6. The van der Waals surface area contributed by atoms with Gasteiger partial charge in [0.1, 0.15) is 0 Å². The number of halogens is 2. The van der Waals surface area contributed by atoms with Gasteiger partial charge in [0.05, 0.1) is 0 Å². The van der Waals surface area contributed by atoms with E-state index >= 15 is 0 Å². The van der Waals surface area contributed by atoms with Gasteiger partial charge in [0.25, 0.3) is 0 Å². The third-order valence-electron chi connectivity index (χ3n) is 10.6. The number of aryl methyl sites for hydroxylation is 4. The first-order valence-corrected chi connectivity index (χ1v) is 23.2. The summed E-state index contributed by atoms with van der Waals surface area (Å²) in [5, 5.41) is 5.43. The summed E-state index contributed by atoms with van der Waals surface area (Å²) in [5.41, 5.74) is 18.5. The summed E-state index contributed by atoms with van der Waals surface area (Å²) in [6.45, 7) is 20.7. The molecule has 0 saturated heterocycles. The van der Waals surface area contributed by atoms with Gasteiger partial charge in [0.15, 0.2) is 0 Å². The van der Waals surface area contributed by atoms with Gasteiger partial charge in [-0.3, -0.25) is 0 Å². The van der Waals surface area contributed by atoms with Crippen LogP contribution < -0.4 is 0 Å². The first-order chi connectivity index (χ1) is 26.0. The van der Waals surface area contributed by atoms with Crippen molar-refractivity contribution >= 4 is 53.2 Å². The predicted octanol–water partition coefficient (Wildman–Crippen LogP) is 16.6. The van der Waals surface area contributed by atoms with Crippen molar-refractivity contribution in [2.45, 2.75) is 67.2 Å². The van der Waals surface area contributed by atoms with Crippen molar-refractivity contribution in [2.75, 3.05) is 0 Å². The molecule has 8 aromatic carbocycles. The average Bonchev–Trinajstić information content (AvgIpc) is 3.84. The Morgan fingerprint density at radius 1 is 0.379 bits per heavy atom. The van der Waals surface area contributed by atoms with Crippen LogP contribution in [0.5, 0.6) is 0 Å². The topological polar surface area (TPSA) is 0 Å². The summed E-state index contributed by atoms with van der Waals surface area (Å²) in [7, 11) is 0. The Labute approximate surface area is 379 Å². The molecule has 0 fully saturated rings. The number of hydrogen-bond donors (Lipinski definition) is 0. The molecule has 8 rings (SSSR count). The molecule has 0 aliphatic heterocycles. The predicted molar refractivity (Wildman–Crippen MR) is 261 cm³/mol. The Balaban J connectivity index is 0.000000360. The van der Waals surface area contributed by atoms with Crippen molar-refractivity contribution in [3.05, 3.63) is 194 Å². The van der Waals surface area contributed by atoms with Crippen LogP contribution in [0.3, 0.4) is 0 Å². The molecule has 0 atom stereocenters. The van der Waals surface area contributed by atoms with E-state index in [1.165, 1.54) is 123 Å². The Bertz CT molecular complexity index is 2140.